The Balaban J connectivity index is 0.00000133. The van der Waals surface area contributed by atoms with Crippen molar-refractivity contribution in [2.45, 2.75) is 6.54 Å². The molecule has 0 spiro atoms. The fraction of sp³-hybridized carbons (Fsp3) is 0.357. The van der Waals surface area contributed by atoms with Crippen LogP contribution in [0.4, 0.5) is 0 Å². The average Bonchev–Trinajstić information content (AvgIpc) is 2.40. The summed E-state index contributed by atoms with van der Waals surface area (Å²) in [6, 6.07) is 8.03. The number of rotatable bonds is 2. The predicted molar refractivity (Wildman–Crippen MR) is 82.1 cm³/mol. The van der Waals surface area contributed by atoms with E-state index < -0.39 is 0 Å². The number of nitrogens with one attached hydrogen (secondary N) is 1. The highest BCUT2D eigenvalue weighted by Gasteiger charge is 2.12. The zero-order chi connectivity index (χ0) is 12.4. The maximum absolute atomic E-state index is 6.18. The van der Waals surface area contributed by atoms with E-state index in [-0.39, 0.29) is 12.4 Å². The van der Waals surface area contributed by atoms with Crippen molar-refractivity contribution in [2.75, 3.05) is 26.2 Å². The Kier molecular flexibility index (Phi) is 4.99. The predicted octanol–water partition coefficient (Wildman–Crippen LogP) is 2.72. The van der Waals surface area contributed by atoms with E-state index in [0.717, 1.165) is 48.6 Å². The first-order valence-electron chi connectivity index (χ1n) is 6.29. The van der Waals surface area contributed by atoms with Gasteiger partial charge in [0.1, 0.15) is 0 Å². The number of piperazine rings is 1. The summed E-state index contributed by atoms with van der Waals surface area (Å²) in [6.07, 6.45) is 1.84. The van der Waals surface area contributed by atoms with Crippen LogP contribution in [0.3, 0.4) is 0 Å². The van der Waals surface area contributed by atoms with Gasteiger partial charge in [-0.15, -0.1) is 12.4 Å². The van der Waals surface area contributed by atoms with Crippen molar-refractivity contribution < 1.29 is 0 Å². The van der Waals surface area contributed by atoms with Gasteiger partial charge in [0.2, 0.25) is 0 Å². The van der Waals surface area contributed by atoms with Crippen LogP contribution in [0.1, 0.15) is 5.56 Å². The molecule has 1 fully saturated rings. The lowest BCUT2D eigenvalue weighted by Gasteiger charge is -2.27. The molecular weight excluding hydrogens is 281 g/mol. The lowest BCUT2D eigenvalue weighted by molar-refractivity contribution is 0.234. The van der Waals surface area contributed by atoms with Gasteiger partial charge in [0.15, 0.2) is 0 Å². The third-order valence-corrected chi connectivity index (χ3v) is 3.57. The number of aromatic nitrogens is 1. The normalized spacial score (nSPS) is 16.3. The number of hydrogen-bond acceptors (Lipinski definition) is 3. The molecule has 0 saturated carbocycles. The molecule has 0 unspecified atom stereocenters. The van der Waals surface area contributed by atoms with Gasteiger partial charge in [-0.25, -0.2) is 0 Å². The SMILES string of the molecule is Cl.Clc1cc(CN2CCNCC2)c2ncccc2c1. The van der Waals surface area contributed by atoms with Crippen LogP contribution in [-0.2, 0) is 6.54 Å². The first-order chi connectivity index (χ1) is 8.83. The molecule has 2 aromatic rings. The van der Waals surface area contributed by atoms with Crippen molar-refractivity contribution >= 4 is 34.9 Å². The number of halogens is 2. The quantitative estimate of drug-likeness (QED) is 0.924. The largest absolute Gasteiger partial charge is 0.314 e. The Morgan fingerprint density at radius 3 is 2.84 bits per heavy atom. The molecule has 3 nitrogen and oxygen atoms in total. The van der Waals surface area contributed by atoms with Gasteiger partial charge < -0.3 is 5.32 Å². The van der Waals surface area contributed by atoms with Crippen LogP contribution in [-0.4, -0.2) is 36.1 Å². The molecule has 102 valence electrons. The van der Waals surface area contributed by atoms with Crippen LogP contribution < -0.4 is 5.32 Å². The number of fused-ring (bicyclic) bond motifs is 1. The molecule has 1 aromatic carbocycles. The molecule has 2 heterocycles. The first-order valence-corrected chi connectivity index (χ1v) is 6.67. The molecular formula is C14H17Cl2N3. The van der Waals surface area contributed by atoms with Gasteiger partial charge in [-0.2, -0.15) is 0 Å². The van der Waals surface area contributed by atoms with Gasteiger partial charge in [-0.3, -0.25) is 9.88 Å². The zero-order valence-corrected chi connectivity index (χ0v) is 12.2. The van der Waals surface area contributed by atoms with Crippen LogP contribution in [0.15, 0.2) is 30.5 Å². The molecule has 0 atom stereocenters. The molecule has 1 aromatic heterocycles. The summed E-state index contributed by atoms with van der Waals surface area (Å²) in [5.41, 5.74) is 2.29. The fourth-order valence-corrected chi connectivity index (χ4v) is 2.71. The number of nitrogens with zero attached hydrogens (tertiary/aromatic N) is 2. The van der Waals surface area contributed by atoms with E-state index in [2.05, 4.69) is 21.3 Å². The minimum atomic E-state index is 0. The third-order valence-electron chi connectivity index (χ3n) is 3.35. The lowest BCUT2D eigenvalue weighted by atomic mass is 10.1. The molecule has 0 bridgehead atoms. The van der Waals surface area contributed by atoms with Gasteiger partial charge in [0.25, 0.3) is 0 Å². The van der Waals surface area contributed by atoms with Crippen molar-refractivity contribution in [3.63, 3.8) is 0 Å². The molecule has 1 aliphatic rings. The van der Waals surface area contributed by atoms with Gasteiger partial charge in [-0.1, -0.05) is 17.7 Å². The van der Waals surface area contributed by atoms with Gasteiger partial charge in [0.05, 0.1) is 5.52 Å². The first kappa shape index (κ1) is 14.5. The van der Waals surface area contributed by atoms with E-state index in [1.807, 2.05) is 24.4 Å². The van der Waals surface area contributed by atoms with Gasteiger partial charge in [-0.05, 0) is 23.8 Å². The van der Waals surface area contributed by atoms with Crippen molar-refractivity contribution in [3.8, 4) is 0 Å². The summed E-state index contributed by atoms with van der Waals surface area (Å²) in [5, 5.41) is 5.28. The highest BCUT2D eigenvalue weighted by molar-refractivity contribution is 6.31. The summed E-state index contributed by atoms with van der Waals surface area (Å²) in [7, 11) is 0. The Morgan fingerprint density at radius 1 is 1.26 bits per heavy atom. The highest BCUT2D eigenvalue weighted by Crippen LogP contribution is 2.23. The Morgan fingerprint density at radius 2 is 2.05 bits per heavy atom. The van der Waals surface area contributed by atoms with Gasteiger partial charge >= 0.3 is 0 Å². The molecule has 0 aliphatic carbocycles. The van der Waals surface area contributed by atoms with Crippen LogP contribution >= 0.6 is 24.0 Å². The van der Waals surface area contributed by atoms with Crippen molar-refractivity contribution in [3.05, 3.63) is 41.0 Å². The Labute approximate surface area is 124 Å². The topological polar surface area (TPSA) is 28.2 Å². The second-order valence-corrected chi connectivity index (χ2v) is 5.10. The molecule has 1 aliphatic heterocycles. The van der Waals surface area contributed by atoms with E-state index in [1.54, 1.807) is 0 Å². The number of pyridine rings is 1. The smallest absolute Gasteiger partial charge is 0.0747 e. The summed E-state index contributed by atoms with van der Waals surface area (Å²) < 4.78 is 0. The summed E-state index contributed by atoms with van der Waals surface area (Å²) in [6.45, 7) is 5.22. The van der Waals surface area contributed by atoms with E-state index in [1.165, 1.54) is 5.56 Å². The third kappa shape index (κ3) is 3.37. The Hall–Kier alpha value is -0.870. The molecule has 5 heteroatoms. The number of hydrogen-bond donors (Lipinski definition) is 1. The van der Waals surface area contributed by atoms with E-state index in [4.69, 9.17) is 11.6 Å². The molecule has 1 saturated heterocycles. The van der Waals surface area contributed by atoms with Crippen molar-refractivity contribution in [2.24, 2.45) is 0 Å². The average molecular weight is 298 g/mol. The highest BCUT2D eigenvalue weighted by atomic mass is 35.5. The summed E-state index contributed by atoms with van der Waals surface area (Å²) in [5.74, 6) is 0. The maximum atomic E-state index is 6.18. The monoisotopic (exact) mass is 297 g/mol. The van der Waals surface area contributed by atoms with E-state index in [9.17, 15) is 0 Å². The molecule has 0 amide bonds. The van der Waals surface area contributed by atoms with E-state index in [0.29, 0.717) is 0 Å². The maximum Gasteiger partial charge on any atom is 0.0747 e. The van der Waals surface area contributed by atoms with Crippen LogP contribution in [0.5, 0.6) is 0 Å². The Bertz CT molecular complexity index is 553. The molecule has 1 N–H and O–H groups in total. The number of benzene rings is 1. The minimum Gasteiger partial charge on any atom is -0.314 e. The second-order valence-electron chi connectivity index (χ2n) is 4.67. The van der Waals surface area contributed by atoms with Crippen LogP contribution in [0.2, 0.25) is 5.02 Å². The molecule has 3 rings (SSSR count). The van der Waals surface area contributed by atoms with Crippen LogP contribution in [0, 0.1) is 0 Å². The summed E-state index contributed by atoms with van der Waals surface area (Å²) >= 11 is 6.18. The second kappa shape index (κ2) is 6.53. The lowest BCUT2D eigenvalue weighted by Crippen LogP contribution is -2.42. The minimum absolute atomic E-state index is 0. The fourth-order valence-electron chi connectivity index (χ4n) is 2.46. The zero-order valence-electron chi connectivity index (χ0n) is 10.6. The van der Waals surface area contributed by atoms with Crippen molar-refractivity contribution in [1.29, 1.82) is 0 Å². The molecule has 0 radical (unpaired) electrons. The molecule has 19 heavy (non-hydrogen) atoms. The van der Waals surface area contributed by atoms with Crippen molar-refractivity contribution in [1.82, 2.24) is 15.2 Å². The standard InChI is InChI=1S/C14H16ClN3.ClH/c15-13-8-11-2-1-3-17-14(11)12(9-13)10-18-6-4-16-5-7-18;/h1-3,8-9,16H,4-7,10H2;1H. The van der Waals surface area contributed by atoms with E-state index >= 15 is 0 Å². The van der Waals surface area contributed by atoms with Crippen LogP contribution in [0.25, 0.3) is 10.9 Å². The van der Waals surface area contributed by atoms with Gasteiger partial charge in [0, 0.05) is 49.3 Å². The summed E-state index contributed by atoms with van der Waals surface area (Å²) in [4.78, 5) is 6.93.